The molecule has 2 fully saturated rings. The molecule has 3 aromatic rings. The molecular weight excluding hydrogens is 770 g/mol. The number of nitrogens with zero attached hydrogens (tertiary/aromatic N) is 2. The van der Waals surface area contributed by atoms with Gasteiger partial charge in [-0.3, -0.25) is 39.1 Å². The van der Waals surface area contributed by atoms with Gasteiger partial charge in [0.2, 0.25) is 11.8 Å². The first-order valence-corrected chi connectivity index (χ1v) is 19.8. The summed E-state index contributed by atoms with van der Waals surface area (Å²) >= 11 is 6.54. The molecule has 15 nitrogen and oxygen atoms in total. The molecule has 58 heavy (non-hydrogen) atoms. The minimum absolute atomic E-state index is 0.0510. The number of aromatic hydroxyl groups is 1. The first-order chi connectivity index (χ1) is 28.1. The molecule has 3 heterocycles. The average molecular weight is 818 g/mol. The van der Waals surface area contributed by atoms with Gasteiger partial charge in [-0.1, -0.05) is 23.7 Å². The largest absolute Gasteiger partial charge is 0.507 e. The minimum Gasteiger partial charge on any atom is -0.507 e. The van der Waals surface area contributed by atoms with Crippen LogP contribution in [0.5, 0.6) is 11.5 Å². The zero-order valence-electron chi connectivity index (χ0n) is 32.3. The standard InChI is InChI=1S/C42H48ClN5O10/c1-2-58-37-23-36(51)31(21-27(37)24-47-16-4-5-29(47)25-49)35(50)12-9-26-8-10-28(22-32(26)43)44-14-17-56-19-20-57-18-15-45-33-7-3-6-30-39(33)42(55)48(41(30)54)34-11-13-38(52)46-40(34)53/h3,6-10,12,21-23,29,34,44-45,49,51H,2,4-5,11,13-20,24-25H2,1H3,(H,46,52,53)/b12-9+/t29-,34?/m0/s1. The van der Waals surface area contributed by atoms with E-state index in [0.29, 0.717) is 74.7 Å². The van der Waals surface area contributed by atoms with Crippen molar-refractivity contribution in [1.29, 1.82) is 0 Å². The minimum atomic E-state index is -1.03. The van der Waals surface area contributed by atoms with Gasteiger partial charge >= 0.3 is 0 Å². The van der Waals surface area contributed by atoms with Crippen LogP contribution in [0.15, 0.2) is 54.6 Å². The number of rotatable bonds is 20. The smallest absolute Gasteiger partial charge is 0.264 e. The molecule has 308 valence electrons. The molecule has 3 aliphatic rings. The van der Waals surface area contributed by atoms with E-state index in [9.17, 15) is 34.2 Å². The highest BCUT2D eigenvalue weighted by Gasteiger charge is 2.45. The predicted molar refractivity (Wildman–Crippen MR) is 216 cm³/mol. The van der Waals surface area contributed by atoms with Crippen LogP contribution in [-0.2, 0) is 25.6 Å². The zero-order chi connectivity index (χ0) is 41.2. The van der Waals surface area contributed by atoms with Crippen molar-refractivity contribution >= 4 is 58.5 Å². The SMILES string of the molecule is CCOc1cc(O)c(C(=O)/C=C/c2ccc(NCCOCCOCCNc3cccc4c3C(=O)N(C3CCC(=O)NC3=O)C4=O)cc2Cl)cc1CN1CCC[C@H]1CO. The Morgan fingerprint density at radius 1 is 0.983 bits per heavy atom. The van der Waals surface area contributed by atoms with Crippen LogP contribution in [0.4, 0.5) is 11.4 Å². The van der Waals surface area contributed by atoms with Crippen molar-refractivity contribution in [2.75, 3.05) is 69.9 Å². The molecule has 0 aliphatic carbocycles. The Morgan fingerprint density at radius 2 is 1.76 bits per heavy atom. The van der Waals surface area contributed by atoms with Gasteiger partial charge in [-0.15, -0.1) is 0 Å². The Balaban J connectivity index is 0.898. The summed E-state index contributed by atoms with van der Waals surface area (Å²) in [7, 11) is 0. The molecule has 2 saturated heterocycles. The van der Waals surface area contributed by atoms with Crippen molar-refractivity contribution in [3.05, 3.63) is 87.4 Å². The van der Waals surface area contributed by atoms with E-state index in [4.69, 9.17) is 25.8 Å². The molecule has 6 rings (SSSR count). The number of carbonyl (C=O) groups excluding carboxylic acids is 5. The molecule has 3 aliphatic heterocycles. The lowest BCUT2D eigenvalue weighted by Gasteiger charge is -2.27. The first kappa shape index (κ1) is 42.3. The number of benzene rings is 3. The summed E-state index contributed by atoms with van der Waals surface area (Å²) in [5.74, 6) is -2.27. The molecule has 16 heteroatoms. The highest BCUT2D eigenvalue weighted by Crippen LogP contribution is 2.34. The van der Waals surface area contributed by atoms with Crippen molar-refractivity contribution < 1.29 is 48.4 Å². The lowest BCUT2D eigenvalue weighted by molar-refractivity contribution is -0.136. The maximum absolute atomic E-state index is 13.2. The second-order valence-corrected chi connectivity index (χ2v) is 14.5. The summed E-state index contributed by atoms with van der Waals surface area (Å²) in [5, 5.41) is 29.5. The Kier molecular flexibility index (Phi) is 14.5. The highest BCUT2D eigenvalue weighted by atomic mass is 35.5. The topological polar surface area (TPSA) is 196 Å². The summed E-state index contributed by atoms with van der Waals surface area (Å²) in [6, 6.07) is 12.4. The van der Waals surface area contributed by atoms with Crippen molar-refractivity contribution in [2.24, 2.45) is 0 Å². The number of likely N-dealkylation sites (tertiary alicyclic amines) is 1. The number of ether oxygens (including phenoxy) is 3. The van der Waals surface area contributed by atoms with Gasteiger partial charge in [0.05, 0.1) is 56.3 Å². The van der Waals surface area contributed by atoms with Crippen molar-refractivity contribution in [3.63, 3.8) is 0 Å². The van der Waals surface area contributed by atoms with E-state index in [-0.39, 0.29) is 53.7 Å². The van der Waals surface area contributed by atoms with Crippen LogP contribution in [0.3, 0.4) is 0 Å². The molecule has 2 atom stereocenters. The fourth-order valence-electron chi connectivity index (χ4n) is 7.29. The Labute approximate surface area is 341 Å². The van der Waals surface area contributed by atoms with Gasteiger partial charge in [-0.05, 0) is 80.8 Å². The number of fused-ring (bicyclic) bond motifs is 1. The molecule has 3 aromatic carbocycles. The van der Waals surface area contributed by atoms with Gasteiger partial charge in [0, 0.05) is 60.1 Å². The Morgan fingerprint density at radius 3 is 2.48 bits per heavy atom. The predicted octanol–water partition coefficient (Wildman–Crippen LogP) is 4.26. The van der Waals surface area contributed by atoms with Crippen LogP contribution in [0, 0.1) is 0 Å². The number of anilines is 2. The third kappa shape index (κ3) is 10.0. The van der Waals surface area contributed by atoms with Gasteiger partial charge in [-0.2, -0.15) is 0 Å². The fourth-order valence-corrected chi connectivity index (χ4v) is 7.53. The monoisotopic (exact) mass is 817 g/mol. The van der Waals surface area contributed by atoms with Crippen molar-refractivity contribution in [1.82, 2.24) is 15.1 Å². The van der Waals surface area contributed by atoms with Crippen molar-refractivity contribution in [3.8, 4) is 11.5 Å². The van der Waals surface area contributed by atoms with Gasteiger partial charge in [-0.25, -0.2) is 0 Å². The Bertz CT molecular complexity index is 2060. The number of nitrogens with one attached hydrogen (secondary N) is 3. The van der Waals surface area contributed by atoms with Crippen LogP contribution < -0.4 is 20.7 Å². The van der Waals surface area contributed by atoms with E-state index in [1.165, 1.54) is 12.1 Å². The van der Waals surface area contributed by atoms with E-state index in [0.717, 1.165) is 35.5 Å². The number of imide groups is 2. The van der Waals surface area contributed by atoms with E-state index < -0.39 is 29.7 Å². The number of amides is 4. The summed E-state index contributed by atoms with van der Waals surface area (Å²) in [5.41, 5.74) is 3.17. The molecule has 4 amide bonds. The molecular formula is C42H48ClN5O10. The second-order valence-electron chi connectivity index (χ2n) is 14.0. The third-order valence-electron chi connectivity index (χ3n) is 10.2. The molecule has 0 bridgehead atoms. The maximum Gasteiger partial charge on any atom is 0.264 e. The molecule has 0 radical (unpaired) electrons. The van der Waals surface area contributed by atoms with Crippen LogP contribution in [0.25, 0.3) is 6.08 Å². The van der Waals surface area contributed by atoms with Crippen LogP contribution in [0.2, 0.25) is 5.02 Å². The quantitative estimate of drug-likeness (QED) is 0.0470. The normalized spacial score (nSPS) is 18.2. The van der Waals surface area contributed by atoms with E-state index in [1.54, 1.807) is 42.5 Å². The fraction of sp³-hybridized carbons (Fsp3) is 0.405. The van der Waals surface area contributed by atoms with Crippen LogP contribution in [-0.4, -0.2) is 121 Å². The van der Waals surface area contributed by atoms with Gasteiger partial charge in [0.25, 0.3) is 11.8 Å². The van der Waals surface area contributed by atoms with Gasteiger partial charge < -0.3 is 35.1 Å². The zero-order valence-corrected chi connectivity index (χ0v) is 33.0. The molecule has 1 unspecified atom stereocenters. The van der Waals surface area contributed by atoms with Gasteiger partial charge in [0.1, 0.15) is 17.5 Å². The number of halogens is 1. The highest BCUT2D eigenvalue weighted by molar-refractivity contribution is 6.32. The Hall–Kier alpha value is -5.32. The van der Waals surface area contributed by atoms with Crippen LogP contribution >= 0.6 is 11.6 Å². The summed E-state index contributed by atoms with van der Waals surface area (Å²) in [4.78, 5) is 66.5. The third-order valence-corrected chi connectivity index (χ3v) is 10.5. The van der Waals surface area contributed by atoms with E-state index >= 15 is 0 Å². The van der Waals surface area contributed by atoms with Gasteiger partial charge in [0.15, 0.2) is 5.78 Å². The summed E-state index contributed by atoms with van der Waals surface area (Å²) < 4.78 is 17.1. The van der Waals surface area contributed by atoms with Crippen LogP contribution in [0.1, 0.15) is 74.8 Å². The number of phenolic OH excluding ortho intramolecular Hbond substituents is 1. The molecule has 0 spiro atoms. The number of allylic oxidation sites excluding steroid dienone is 1. The second kappa shape index (κ2) is 19.9. The summed E-state index contributed by atoms with van der Waals surface area (Å²) in [6.45, 7) is 5.90. The molecule has 5 N–H and O–H groups in total. The number of ketones is 1. The molecule has 0 aromatic heterocycles. The average Bonchev–Trinajstić information content (AvgIpc) is 3.76. The maximum atomic E-state index is 13.2. The summed E-state index contributed by atoms with van der Waals surface area (Å²) in [6.07, 6.45) is 5.01. The number of aliphatic hydroxyl groups is 1. The van der Waals surface area contributed by atoms with Crippen molar-refractivity contribution in [2.45, 2.75) is 51.2 Å². The lowest BCUT2D eigenvalue weighted by atomic mass is 10.0. The number of carbonyl (C=O) groups is 5. The van der Waals surface area contributed by atoms with E-state index in [1.807, 2.05) is 13.0 Å². The number of aliphatic hydroxyl groups excluding tert-OH is 1. The number of hydrogen-bond donors (Lipinski definition) is 5. The lowest BCUT2D eigenvalue weighted by Crippen LogP contribution is -2.54. The van der Waals surface area contributed by atoms with E-state index in [2.05, 4.69) is 20.9 Å². The first-order valence-electron chi connectivity index (χ1n) is 19.4. The molecule has 0 saturated carbocycles. The number of hydrogen-bond acceptors (Lipinski definition) is 13. The number of phenols is 1. The number of piperidine rings is 1.